The fourth-order valence-corrected chi connectivity index (χ4v) is 3.96. The third kappa shape index (κ3) is 1.60. The number of rotatable bonds is 1. The highest BCUT2D eigenvalue weighted by Crippen LogP contribution is 2.55. The van der Waals surface area contributed by atoms with Crippen molar-refractivity contribution in [3.8, 4) is 5.75 Å². The summed E-state index contributed by atoms with van der Waals surface area (Å²) in [6.45, 7) is -2.47. The van der Waals surface area contributed by atoms with Crippen LogP contribution in [0.15, 0.2) is 18.1 Å². The monoisotopic (exact) mass is 280 g/mol. The Labute approximate surface area is 134 Å². The quantitative estimate of drug-likeness (QED) is 0.782. The Morgan fingerprint density at radius 2 is 2.35 bits per heavy atom. The van der Waals surface area contributed by atoms with E-state index in [4.69, 9.17) is 17.1 Å². The van der Waals surface area contributed by atoms with Gasteiger partial charge in [0.1, 0.15) is 5.75 Å². The van der Waals surface area contributed by atoms with Crippen molar-refractivity contribution in [2.45, 2.75) is 49.9 Å². The van der Waals surface area contributed by atoms with Crippen molar-refractivity contribution in [3.63, 3.8) is 0 Å². The molecule has 2 fully saturated rings. The van der Waals surface area contributed by atoms with Crippen LogP contribution in [0.1, 0.15) is 55.5 Å². The zero-order valence-corrected chi connectivity index (χ0v) is 11.8. The summed E-state index contributed by atoms with van der Waals surface area (Å²) in [5, 5.41) is 0. The highest BCUT2D eigenvalue weighted by Gasteiger charge is 2.53. The molecule has 0 radical (unpaired) electrons. The van der Waals surface area contributed by atoms with Crippen molar-refractivity contribution in [1.82, 2.24) is 4.90 Å². The molecule has 4 rings (SSSR count). The predicted molar refractivity (Wildman–Crippen MR) is 81.4 cm³/mol. The predicted octanol–water partition coefficient (Wildman–Crippen LogP) is 3.38. The van der Waals surface area contributed by atoms with E-state index in [1.165, 1.54) is 14.2 Å². The molecule has 0 aromatic heterocycles. The summed E-state index contributed by atoms with van der Waals surface area (Å²) in [6, 6.07) is -2.08. The number of fused-ring (bicyclic) bond motifs is 1. The second-order valence-corrected chi connectivity index (χ2v) is 5.92. The van der Waals surface area contributed by atoms with Gasteiger partial charge in [-0.2, -0.15) is 0 Å². The molecule has 108 valence electrons. The number of ether oxygens (including phenoxy) is 1. The highest BCUT2D eigenvalue weighted by molar-refractivity contribution is 5.45. The zero-order chi connectivity index (χ0) is 21.7. The lowest BCUT2D eigenvalue weighted by atomic mass is 9.52. The summed E-state index contributed by atoms with van der Waals surface area (Å²) < 4.78 is 83.7. The molecular formula is C18H25NO. The van der Waals surface area contributed by atoms with Gasteiger partial charge in [-0.25, -0.2) is 0 Å². The van der Waals surface area contributed by atoms with Gasteiger partial charge in [0, 0.05) is 19.7 Å². The zero-order valence-electron chi connectivity index (χ0n) is 20.8. The second kappa shape index (κ2) is 4.49. The van der Waals surface area contributed by atoms with Gasteiger partial charge in [0.15, 0.2) is 0 Å². The molecule has 20 heavy (non-hydrogen) atoms. The smallest absolute Gasteiger partial charge is 0.119 e. The van der Waals surface area contributed by atoms with Gasteiger partial charge in [0.2, 0.25) is 0 Å². The molecule has 2 bridgehead atoms. The molecule has 2 heteroatoms. The molecular weight excluding hydrogens is 246 g/mol. The lowest BCUT2D eigenvalue weighted by Gasteiger charge is -2.58. The van der Waals surface area contributed by atoms with Gasteiger partial charge in [0.25, 0.3) is 0 Å². The summed E-state index contributed by atoms with van der Waals surface area (Å²) in [5.74, 6) is -0.732. The summed E-state index contributed by atoms with van der Waals surface area (Å²) >= 11 is 0. The third-order valence-corrected chi connectivity index (χ3v) is 4.95. The van der Waals surface area contributed by atoms with Crippen LogP contribution in [0.25, 0.3) is 0 Å². The molecule has 0 amide bonds. The minimum absolute atomic E-state index is 0.0308. The first-order chi connectivity index (χ1) is 13.3. The standard InChI is InChI=1S/C18H25NO/c1-19-10-9-18-8-4-3-5-15(18)17(19)11-13-6-7-14(20-2)12-16(13)18/h6-7,12,15,17H,3-5,8-11H2,1-2H3/t15?,17-,18-/m0/s1/i6D,7D,9D2,10D2,11D2,12D. The molecule has 1 aromatic rings. The third-order valence-electron chi connectivity index (χ3n) is 4.95. The molecule has 1 saturated carbocycles. The first-order valence-electron chi connectivity index (χ1n) is 11.7. The number of methoxy groups -OCH3 is 1. The van der Waals surface area contributed by atoms with E-state index in [-0.39, 0.29) is 29.3 Å². The van der Waals surface area contributed by atoms with E-state index >= 15 is 0 Å². The summed E-state index contributed by atoms with van der Waals surface area (Å²) in [5.41, 5.74) is -1.58. The van der Waals surface area contributed by atoms with E-state index in [9.17, 15) is 0 Å². The Morgan fingerprint density at radius 1 is 1.45 bits per heavy atom. The lowest BCUT2D eigenvalue weighted by molar-refractivity contribution is 0.00274. The van der Waals surface area contributed by atoms with Crippen molar-refractivity contribution < 1.29 is 17.1 Å². The maximum absolute atomic E-state index is 8.96. The maximum atomic E-state index is 8.96. The average Bonchev–Trinajstić information content (AvgIpc) is 2.63. The average molecular weight is 280 g/mol. The van der Waals surface area contributed by atoms with Crippen molar-refractivity contribution in [2.75, 3.05) is 20.7 Å². The van der Waals surface area contributed by atoms with Crippen molar-refractivity contribution in [2.24, 2.45) is 5.92 Å². The number of hydrogen-bond donors (Lipinski definition) is 0. The molecule has 3 atom stereocenters. The Kier molecular flexibility index (Phi) is 1.44. The Morgan fingerprint density at radius 3 is 3.20 bits per heavy atom. The van der Waals surface area contributed by atoms with Crippen molar-refractivity contribution in [1.29, 1.82) is 0 Å². The first kappa shape index (κ1) is 6.39. The van der Waals surface area contributed by atoms with Crippen LogP contribution in [0, 0.1) is 5.92 Å². The lowest BCUT2D eigenvalue weighted by Crippen LogP contribution is -2.59. The molecule has 2 aliphatic carbocycles. The van der Waals surface area contributed by atoms with Crippen LogP contribution in [-0.4, -0.2) is 31.6 Å². The second-order valence-electron chi connectivity index (χ2n) is 5.92. The van der Waals surface area contributed by atoms with Crippen molar-refractivity contribution in [3.05, 3.63) is 29.3 Å². The molecule has 1 aliphatic heterocycles. The van der Waals surface area contributed by atoms with E-state index in [1.807, 2.05) is 0 Å². The Balaban J connectivity index is 2.24. The van der Waals surface area contributed by atoms with Crippen LogP contribution in [0.4, 0.5) is 0 Å². The van der Waals surface area contributed by atoms with E-state index in [1.54, 1.807) is 0 Å². The Bertz CT molecular complexity index is 887. The topological polar surface area (TPSA) is 12.5 Å². The minimum atomic E-state index is -2.47. The van der Waals surface area contributed by atoms with Gasteiger partial charge in [-0.15, -0.1) is 0 Å². The van der Waals surface area contributed by atoms with Gasteiger partial charge < -0.3 is 9.64 Å². The molecule has 1 saturated heterocycles. The Hall–Kier alpha value is -1.02. The minimum Gasteiger partial charge on any atom is -0.497 e. The molecule has 0 N–H and O–H groups in total. The first-order valence-corrected chi connectivity index (χ1v) is 7.21. The molecule has 1 heterocycles. The SMILES string of the molecule is [2H]c1c([2H])c2c(c([2H])c1OC)[C@]13CCCCC1[C@@H](N(C)C([2H])([2H])C3([2H])[2H])C2([2H])[2H]. The number of likely N-dealkylation sites (tertiary alicyclic amines) is 1. The number of benzene rings is 1. The summed E-state index contributed by atoms with van der Waals surface area (Å²) in [6.07, 6.45) is -2.46. The van der Waals surface area contributed by atoms with Gasteiger partial charge in [-0.05, 0) is 68.3 Å². The van der Waals surface area contributed by atoms with Crippen LogP contribution in [0.2, 0.25) is 0 Å². The van der Waals surface area contributed by atoms with Gasteiger partial charge in [-0.3, -0.25) is 0 Å². The van der Waals surface area contributed by atoms with Crippen LogP contribution in [0.3, 0.4) is 0 Å². The van der Waals surface area contributed by atoms with Gasteiger partial charge >= 0.3 is 0 Å². The fourth-order valence-electron chi connectivity index (χ4n) is 3.96. The van der Waals surface area contributed by atoms with Crippen molar-refractivity contribution >= 4 is 0 Å². The van der Waals surface area contributed by atoms with Crippen LogP contribution < -0.4 is 4.74 Å². The number of nitrogens with zero attached hydrogens (tertiary/aromatic N) is 1. The van der Waals surface area contributed by atoms with Crippen LogP contribution in [0.5, 0.6) is 5.75 Å². The fraction of sp³-hybridized carbons (Fsp3) is 0.667. The molecule has 1 aromatic carbocycles. The van der Waals surface area contributed by atoms with E-state index in [0.717, 1.165) is 11.3 Å². The largest absolute Gasteiger partial charge is 0.497 e. The maximum Gasteiger partial charge on any atom is 0.119 e. The number of likely N-dealkylation sites (N-methyl/N-ethyl adjacent to an activating group) is 1. The van der Waals surface area contributed by atoms with Crippen LogP contribution >= 0.6 is 0 Å². The molecule has 1 unspecified atom stereocenters. The molecule has 0 spiro atoms. The highest BCUT2D eigenvalue weighted by atomic mass is 16.5. The summed E-state index contributed by atoms with van der Waals surface area (Å²) in [4.78, 5) is 1.15. The van der Waals surface area contributed by atoms with E-state index < -0.39 is 48.7 Å². The van der Waals surface area contributed by atoms with Crippen LogP contribution in [-0.2, 0) is 11.8 Å². The van der Waals surface area contributed by atoms with Gasteiger partial charge in [0.05, 0.1) is 11.2 Å². The van der Waals surface area contributed by atoms with E-state index in [0.29, 0.717) is 12.8 Å². The molecule has 3 aliphatic rings. The molecule has 2 nitrogen and oxygen atoms in total. The van der Waals surface area contributed by atoms with Gasteiger partial charge in [-0.1, -0.05) is 18.9 Å². The summed E-state index contributed by atoms with van der Waals surface area (Å²) in [7, 11) is 2.68. The number of hydrogen-bond acceptors (Lipinski definition) is 2. The van der Waals surface area contributed by atoms with E-state index in [2.05, 4.69) is 0 Å². The number of piperidine rings is 1. The normalized spacial score (nSPS) is 50.2.